The third kappa shape index (κ3) is 10.3. The number of aromatic nitrogens is 3. The van der Waals surface area contributed by atoms with Crippen LogP contribution in [0.5, 0.6) is 0 Å². The Morgan fingerprint density at radius 1 is 0.918 bits per heavy atom. The number of hydrogen-bond acceptors (Lipinski definition) is 9. The number of amides is 2. The number of rotatable bonds is 5. The Kier molecular flexibility index (Phi) is 11.8. The van der Waals surface area contributed by atoms with Crippen molar-refractivity contribution in [2.75, 3.05) is 29.0 Å². The molecule has 5 rings (SSSR count). The van der Waals surface area contributed by atoms with Crippen LogP contribution in [0.15, 0.2) is 42.9 Å². The minimum atomic E-state index is -5.77. The maximum atomic E-state index is 13.0. The van der Waals surface area contributed by atoms with E-state index in [1.165, 1.54) is 0 Å². The van der Waals surface area contributed by atoms with Crippen LogP contribution in [0.4, 0.5) is 55.2 Å². The summed E-state index contributed by atoms with van der Waals surface area (Å²) in [6.45, 7) is 3.34. The topological polar surface area (TPSA) is 146 Å². The summed E-state index contributed by atoms with van der Waals surface area (Å²) in [6.07, 6.45) is -2.28. The van der Waals surface area contributed by atoms with Crippen LogP contribution < -0.4 is 16.0 Å². The number of ketones is 2. The van der Waals surface area contributed by atoms with E-state index in [0.717, 1.165) is 60.5 Å². The van der Waals surface area contributed by atoms with E-state index < -0.39 is 23.9 Å². The van der Waals surface area contributed by atoms with Crippen molar-refractivity contribution in [3.05, 3.63) is 59.0 Å². The van der Waals surface area contributed by atoms with E-state index in [2.05, 4.69) is 30.9 Å². The van der Waals surface area contributed by atoms with E-state index in [1.54, 1.807) is 12.4 Å². The quantitative estimate of drug-likeness (QED) is 0.204. The highest BCUT2D eigenvalue weighted by molar-refractivity contribution is 6.41. The molecule has 2 aliphatic rings. The van der Waals surface area contributed by atoms with Crippen molar-refractivity contribution >= 4 is 63.8 Å². The Morgan fingerprint density at radius 2 is 1.59 bits per heavy atom. The number of halogens is 7. The molecular weight excluding hydrogens is 684 g/mol. The molecule has 0 unspecified atom stereocenters. The molecule has 1 fully saturated rings. The maximum absolute atomic E-state index is 13.0. The van der Waals surface area contributed by atoms with E-state index >= 15 is 0 Å². The second kappa shape index (κ2) is 15.6. The van der Waals surface area contributed by atoms with Gasteiger partial charge in [-0.25, -0.2) is 4.98 Å². The SMILES string of the molecule is CCC(=O)N1CCC(CC(=O)Nc2ccc3cc2CCc2cncc(c2)Nc2ncc(Cl)c(n2)N3)CC1.O=C(C(=O)C(F)(F)F)C(F)(F)F. The van der Waals surface area contributed by atoms with Crippen molar-refractivity contribution in [2.24, 2.45) is 5.92 Å². The number of carbonyl (C=O) groups excluding carboxylic acids is 4. The third-order valence-corrected chi connectivity index (χ3v) is 7.86. The van der Waals surface area contributed by atoms with Gasteiger partial charge in [-0.3, -0.25) is 24.2 Å². The first-order valence-corrected chi connectivity index (χ1v) is 15.3. The van der Waals surface area contributed by atoms with Gasteiger partial charge in [0, 0.05) is 43.5 Å². The van der Waals surface area contributed by atoms with E-state index in [1.807, 2.05) is 42.3 Å². The number of fused-ring (bicyclic) bond motifs is 6. The fourth-order valence-corrected chi connectivity index (χ4v) is 5.22. The Labute approximate surface area is 280 Å². The molecule has 6 bridgehead atoms. The highest BCUT2D eigenvalue weighted by Gasteiger charge is 2.54. The van der Waals surface area contributed by atoms with Gasteiger partial charge in [0.05, 0.1) is 18.1 Å². The largest absolute Gasteiger partial charge is 0.458 e. The van der Waals surface area contributed by atoms with E-state index in [0.29, 0.717) is 36.1 Å². The summed E-state index contributed by atoms with van der Waals surface area (Å²) in [4.78, 5) is 59.2. The zero-order chi connectivity index (χ0) is 35.9. The summed E-state index contributed by atoms with van der Waals surface area (Å²) in [5.74, 6) is -5.45. The molecule has 4 heterocycles. The fraction of sp³-hybridized carbons (Fsp3) is 0.387. The second-order valence-electron chi connectivity index (χ2n) is 11.2. The molecule has 0 spiro atoms. The summed E-state index contributed by atoms with van der Waals surface area (Å²) in [5.41, 5.74) is 4.46. The number of piperidine rings is 1. The first-order chi connectivity index (χ1) is 23.0. The molecule has 2 amide bonds. The van der Waals surface area contributed by atoms with Gasteiger partial charge in [-0.2, -0.15) is 31.3 Å². The summed E-state index contributed by atoms with van der Waals surface area (Å²) in [7, 11) is 0. The Hall–Kier alpha value is -4.80. The van der Waals surface area contributed by atoms with Crippen LogP contribution in [-0.2, 0) is 32.0 Å². The highest BCUT2D eigenvalue weighted by Crippen LogP contribution is 2.30. The minimum absolute atomic E-state index is 0.00325. The van der Waals surface area contributed by atoms with E-state index in [4.69, 9.17) is 11.6 Å². The molecule has 2 aromatic heterocycles. The highest BCUT2D eigenvalue weighted by atomic mass is 35.5. The van der Waals surface area contributed by atoms with Gasteiger partial charge >= 0.3 is 23.9 Å². The minimum Gasteiger partial charge on any atom is -0.343 e. The van der Waals surface area contributed by atoms with Crippen molar-refractivity contribution in [1.82, 2.24) is 19.9 Å². The summed E-state index contributed by atoms with van der Waals surface area (Å²) < 4.78 is 67.0. The first-order valence-electron chi connectivity index (χ1n) is 15.0. The van der Waals surface area contributed by atoms with E-state index in [9.17, 15) is 45.5 Å². The molecule has 1 saturated heterocycles. The van der Waals surface area contributed by atoms with Gasteiger partial charge < -0.3 is 20.9 Å². The lowest BCUT2D eigenvalue weighted by Gasteiger charge is -2.31. The lowest BCUT2D eigenvalue weighted by atomic mass is 9.93. The monoisotopic (exact) mass is 713 g/mol. The first kappa shape index (κ1) is 37.0. The number of benzene rings is 1. The van der Waals surface area contributed by atoms with Gasteiger partial charge in [-0.15, -0.1) is 0 Å². The molecule has 3 N–H and O–H groups in total. The van der Waals surface area contributed by atoms with Crippen LogP contribution >= 0.6 is 11.6 Å². The molecule has 0 saturated carbocycles. The average Bonchev–Trinajstić information content (AvgIpc) is 3.05. The number of pyridine rings is 1. The molecule has 3 aromatic rings. The van der Waals surface area contributed by atoms with Crippen molar-refractivity contribution in [3.63, 3.8) is 0 Å². The molecule has 11 nitrogen and oxygen atoms in total. The zero-order valence-electron chi connectivity index (χ0n) is 25.8. The smallest absolute Gasteiger partial charge is 0.343 e. The Balaban J connectivity index is 0.000000386. The predicted octanol–water partition coefficient (Wildman–Crippen LogP) is 6.34. The van der Waals surface area contributed by atoms with Crippen molar-refractivity contribution in [2.45, 2.75) is 57.8 Å². The number of anilines is 5. The summed E-state index contributed by atoms with van der Waals surface area (Å²) in [5, 5.41) is 10.00. The lowest BCUT2D eigenvalue weighted by molar-refractivity contribution is -0.193. The predicted molar refractivity (Wildman–Crippen MR) is 167 cm³/mol. The van der Waals surface area contributed by atoms with Crippen LogP contribution in [0.1, 0.15) is 43.7 Å². The van der Waals surface area contributed by atoms with Crippen LogP contribution in [0, 0.1) is 5.92 Å². The van der Waals surface area contributed by atoms with Crippen molar-refractivity contribution < 1.29 is 45.5 Å². The van der Waals surface area contributed by atoms with Gasteiger partial charge in [0.15, 0.2) is 5.82 Å². The van der Waals surface area contributed by atoms with Crippen molar-refractivity contribution in [3.8, 4) is 0 Å². The normalized spacial score (nSPS) is 14.7. The lowest BCUT2D eigenvalue weighted by Crippen LogP contribution is -2.39. The van der Waals surface area contributed by atoms with Crippen molar-refractivity contribution in [1.29, 1.82) is 0 Å². The number of nitrogens with zero attached hydrogens (tertiary/aromatic N) is 4. The molecule has 0 atom stereocenters. The third-order valence-electron chi connectivity index (χ3n) is 7.59. The molecule has 0 aliphatic carbocycles. The molecule has 1 aromatic carbocycles. The Bertz CT molecular complexity index is 1690. The standard InChI is InChI=1S/C27H30ClN7O2.C4F6O2/c1-2-25(37)35-9-7-17(8-10-35)12-24(36)33-23-6-5-20-13-19(23)4-3-18-11-21(15-29-14-18)32-27-30-16-22(28)26(31-20)34-27;5-3(6,7)1(11)2(12)4(8,9)10/h5-6,11,13-17H,2-4,7-10,12H2,1H3,(H,33,36)(H2,30,31,32,34);. The maximum Gasteiger partial charge on any atom is 0.458 e. The fourth-order valence-electron chi connectivity index (χ4n) is 5.08. The van der Waals surface area contributed by atoms with Gasteiger partial charge in [0.1, 0.15) is 5.02 Å². The number of alkyl halides is 6. The van der Waals surface area contributed by atoms with Crippen LogP contribution in [0.25, 0.3) is 0 Å². The van der Waals surface area contributed by atoms with Gasteiger partial charge in [-0.1, -0.05) is 18.5 Å². The molecule has 49 heavy (non-hydrogen) atoms. The average molecular weight is 714 g/mol. The number of nitrogens with one attached hydrogen (secondary N) is 3. The van der Waals surface area contributed by atoms with Crippen LogP contribution in [0.2, 0.25) is 5.02 Å². The summed E-state index contributed by atoms with van der Waals surface area (Å²) in [6, 6.07) is 7.86. The van der Waals surface area contributed by atoms with Crippen LogP contribution in [-0.4, -0.2) is 68.7 Å². The second-order valence-corrected chi connectivity index (χ2v) is 11.6. The van der Waals surface area contributed by atoms with Gasteiger partial charge in [-0.05, 0) is 67.0 Å². The number of Topliss-reactive ketones (excluding diaryl/α,β-unsaturated/α-hetero) is 2. The number of hydrogen-bond donors (Lipinski definition) is 3. The number of likely N-dealkylation sites (tertiary alicyclic amines) is 1. The summed E-state index contributed by atoms with van der Waals surface area (Å²) >= 11 is 6.35. The zero-order valence-corrected chi connectivity index (χ0v) is 26.6. The van der Waals surface area contributed by atoms with Gasteiger partial charge in [0.2, 0.25) is 17.8 Å². The number of aryl methyl sites for hydroxylation is 2. The van der Waals surface area contributed by atoms with E-state index in [-0.39, 0.29) is 17.7 Å². The molecule has 0 radical (unpaired) electrons. The molecule has 18 heteroatoms. The van der Waals surface area contributed by atoms with Gasteiger partial charge in [0.25, 0.3) is 0 Å². The number of carbonyl (C=O) groups is 4. The van der Waals surface area contributed by atoms with Crippen LogP contribution in [0.3, 0.4) is 0 Å². The molecule has 262 valence electrons. The molecule has 2 aliphatic heterocycles. The molecular formula is C31H30ClF6N7O4. The Morgan fingerprint density at radius 3 is 2.22 bits per heavy atom.